The van der Waals surface area contributed by atoms with Gasteiger partial charge in [-0.1, -0.05) is 6.07 Å². The predicted molar refractivity (Wildman–Crippen MR) is 91.1 cm³/mol. The molecule has 124 valence electrons. The summed E-state index contributed by atoms with van der Waals surface area (Å²) in [4.78, 5) is 16.6. The van der Waals surface area contributed by atoms with Crippen molar-refractivity contribution in [3.05, 3.63) is 59.9 Å². The molecular weight excluding hydrogens is 318 g/mol. The second kappa shape index (κ2) is 5.94. The molecule has 3 heterocycles. The lowest BCUT2D eigenvalue weighted by Crippen LogP contribution is -2.16. The van der Waals surface area contributed by atoms with Crippen LogP contribution in [0.2, 0.25) is 0 Å². The van der Waals surface area contributed by atoms with Crippen molar-refractivity contribution in [3.63, 3.8) is 0 Å². The summed E-state index contributed by atoms with van der Waals surface area (Å²) in [6, 6.07) is 11.4. The van der Waals surface area contributed by atoms with E-state index in [1.807, 2.05) is 50.2 Å². The zero-order valence-electron chi connectivity index (χ0n) is 13.8. The number of carbonyl (C=O) groups excluding carboxylic acids is 1. The molecule has 0 aliphatic heterocycles. The van der Waals surface area contributed by atoms with Gasteiger partial charge < -0.3 is 4.42 Å². The smallest absolute Gasteiger partial charge is 0.256 e. The van der Waals surface area contributed by atoms with Crippen LogP contribution in [-0.4, -0.2) is 30.9 Å². The Labute approximate surface area is 143 Å². The summed E-state index contributed by atoms with van der Waals surface area (Å²) in [6.07, 6.45) is 1.75. The zero-order chi connectivity index (χ0) is 17.4. The molecule has 0 aliphatic rings. The maximum Gasteiger partial charge on any atom is 0.256 e. The van der Waals surface area contributed by atoms with Gasteiger partial charge in [-0.05, 0) is 44.2 Å². The molecule has 0 saturated carbocycles. The number of benzene rings is 1. The molecule has 0 radical (unpaired) electrons. The van der Waals surface area contributed by atoms with Gasteiger partial charge in [0.15, 0.2) is 0 Å². The maximum absolute atomic E-state index is 12.3. The molecule has 4 rings (SSSR count). The van der Waals surface area contributed by atoms with Crippen LogP contribution < -0.4 is 0 Å². The Morgan fingerprint density at radius 2 is 2.04 bits per heavy atom. The summed E-state index contributed by atoms with van der Waals surface area (Å²) in [5.74, 6) is 0.435. The topological polar surface area (TPSA) is 86.7 Å². The minimum absolute atomic E-state index is 0.00406. The van der Waals surface area contributed by atoms with Crippen molar-refractivity contribution in [1.82, 2.24) is 25.0 Å². The van der Waals surface area contributed by atoms with Crippen molar-refractivity contribution in [2.24, 2.45) is 0 Å². The fourth-order valence-corrected chi connectivity index (χ4v) is 2.74. The van der Waals surface area contributed by atoms with Crippen LogP contribution in [0.3, 0.4) is 0 Å². The largest absolute Gasteiger partial charge is 0.420 e. The molecule has 1 aromatic carbocycles. The summed E-state index contributed by atoms with van der Waals surface area (Å²) in [5, 5.41) is 13.2. The first-order valence-corrected chi connectivity index (χ1v) is 7.84. The van der Waals surface area contributed by atoms with Crippen LogP contribution in [0, 0.1) is 13.8 Å². The molecule has 3 aromatic heterocycles. The van der Waals surface area contributed by atoms with Crippen LogP contribution in [0.4, 0.5) is 0 Å². The van der Waals surface area contributed by atoms with Crippen LogP contribution in [0.25, 0.3) is 22.4 Å². The quantitative estimate of drug-likeness (QED) is 0.573. The van der Waals surface area contributed by atoms with Crippen molar-refractivity contribution >= 4 is 16.8 Å². The van der Waals surface area contributed by atoms with Crippen LogP contribution in [-0.2, 0) is 6.42 Å². The Morgan fingerprint density at radius 1 is 1.16 bits per heavy atom. The molecule has 0 saturated heterocycles. The SMILES string of the molecule is Cc1cc(C)n(C(=O)Cc2nnc(-c3ccc4ncccc4c3)o2)n1. The highest BCUT2D eigenvalue weighted by atomic mass is 16.4. The third-order valence-electron chi connectivity index (χ3n) is 3.87. The molecule has 0 atom stereocenters. The Kier molecular flexibility index (Phi) is 3.61. The number of aromatic nitrogens is 5. The first kappa shape index (κ1) is 15.2. The standard InChI is InChI=1S/C18H15N5O2/c1-11-8-12(2)23(22-11)17(24)10-16-20-21-18(25-16)14-5-6-15-13(9-14)4-3-7-19-15/h3-9H,10H2,1-2H3. The molecule has 25 heavy (non-hydrogen) atoms. The lowest BCUT2D eigenvalue weighted by Gasteiger charge is -2.00. The Bertz CT molecular complexity index is 1080. The number of pyridine rings is 1. The van der Waals surface area contributed by atoms with Gasteiger partial charge in [-0.25, -0.2) is 4.68 Å². The number of fused-ring (bicyclic) bond motifs is 1. The summed E-state index contributed by atoms with van der Waals surface area (Å²) < 4.78 is 7.01. The van der Waals surface area contributed by atoms with Crippen LogP contribution in [0.1, 0.15) is 22.1 Å². The summed E-state index contributed by atoms with van der Waals surface area (Å²) in [5.41, 5.74) is 3.26. The van der Waals surface area contributed by atoms with E-state index in [2.05, 4.69) is 20.3 Å². The van der Waals surface area contributed by atoms with Gasteiger partial charge >= 0.3 is 0 Å². The molecule has 0 fully saturated rings. The number of nitrogens with zero attached hydrogens (tertiary/aromatic N) is 5. The van der Waals surface area contributed by atoms with E-state index in [-0.39, 0.29) is 18.2 Å². The normalized spacial score (nSPS) is 11.1. The second-order valence-electron chi connectivity index (χ2n) is 5.82. The first-order chi connectivity index (χ1) is 12.1. The number of rotatable bonds is 3. The predicted octanol–water partition coefficient (Wildman–Crippen LogP) is 2.98. The molecular formula is C18H15N5O2. The first-order valence-electron chi connectivity index (χ1n) is 7.84. The minimum Gasteiger partial charge on any atom is -0.420 e. The van der Waals surface area contributed by atoms with E-state index in [4.69, 9.17) is 4.42 Å². The average Bonchev–Trinajstić information content (AvgIpc) is 3.20. The Morgan fingerprint density at radius 3 is 2.84 bits per heavy atom. The van der Waals surface area contributed by atoms with E-state index in [1.54, 1.807) is 6.20 Å². The highest BCUT2D eigenvalue weighted by molar-refractivity contribution is 5.83. The minimum atomic E-state index is -0.205. The van der Waals surface area contributed by atoms with Crippen molar-refractivity contribution in [1.29, 1.82) is 0 Å². The van der Waals surface area contributed by atoms with E-state index >= 15 is 0 Å². The summed E-state index contributed by atoms with van der Waals surface area (Å²) >= 11 is 0. The highest BCUT2D eigenvalue weighted by Gasteiger charge is 2.16. The molecule has 0 unspecified atom stereocenters. The number of aryl methyl sites for hydroxylation is 2. The summed E-state index contributed by atoms with van der Waals surface area (Å²) in [7, 11) is 0. The second-order valence-corrected chi connectivity index (χ2v) is 5.82. The van der Waals surface area contributed by atoms with Crippen LogP contribution in [0.15, 0.2) is 47.0 Å². The van der Waals surface area contributed by atoms with Crippen LogP contribution >= 0.6 is 0 Å². The third kappa shape index (κ3) is 2.91. The van der Waals surface area contributed by atoms with Crippen molar-refractivity contribution in [2.75, 3.05) is 0 Å². The monoisotopic (exact) mass is 333 g/mol. The van der Waals surface area contributed by atoms with Gasteiger partial charge in [0.1, 0.15) is 6.42 Å². The van der Waals surface area contributed by atoms with Crippen LogP contribution in [0.5, 0.6) is 0 Å². The van der Waals surface area contributed by atoms with Crippen molar-refractivity contribution < 1.29 is 9.21 Å². The van der Waals surface area contributed by atoms with Gasteiger partial charge in [0, 0.05) is 22.8 Å². The molecule has 0 spiro atoms. The lowest BCUT2D eigenvalue weighted by molar-refractivity contribution is 0.0887. The van der Waals surface area contributed by atoms with Gasteiger partial charge in [-0.3, -0.25) is 9.78 Å². The van der Waals surface area contributed by atoms with E-state index in [0.717, 1.165) is 27.9 Å². The highest BCUT2D eigenvalue weighted by Crippen LogP contribution is 2.22. The molecule has 0 bridgehead atoms. The van der Waals surface area contributed by atoms with Crippen molar-refractivity contribution in [3.8, 4) is 11.5 Å². The Balaban J connectivity index is 1.59. The average molecular weight is 333 g/mol. The fourth-order valence-electron chi connectivity index (χ4n) is 2.74. The third-order valence-corrected chi connectivity index (χ3v) is 3.87. The molecule has 0 aliphatic carbocycles. The number of carbonyl (C=O) groups is 1. The van der Waals surface area contributed by atoms with Crippen molar-refractivity contribution in [2.45, 2.75) is 20.3 Å². The van der Waals surface area contributed by atoms with Gasteiger partial charge in [-0.2, -0.15) is 5.10 Å². The number of hydrogen-bond donors (Lipinski definition) is 0. The van der Waals surface area contributed by atoms with E-state index < -0.39 is 0 Å². The maximum atomic E-state index is 12.3. The van der Waals surface area contributed by atoms with Gasteiger partial charge in [0.2, 0.25) is 11.8 Å². The summed E-state index contributed by atoms with van der Waals surface area (Å²) in [6.45, 7) is 3.68. The molecule has 7 nitrogen and oxygen atoms in total. The van der Waals surface area contributed by atoms with Gasteiger partial charge in [0.25, 0.3) is 5.91 Å². The fraction of sp³-hybridized carbons (Fsp3) is 0.167. The lowest BCUT2D eigenvalue weighted by atomic mass is 10.1. The zero-order valence-corrected chi connectivity index (χ0v) is 13.8. The molecule has 0 N–H and O–H groups in total. The van der Waals surface area contributed by atoms with Gasteiger partial charge in [-0.15, -0.1) is 10.2 Å². The Hall–Kier alpha value is -3.35. The molecule has 0 amide bonds. The van der Waals surface area contributed by atoms with Gasteiger partial charge in [0.05, 0.1) is 11.2 Å². The van der Waals surface area contributed by atoms with E-state index in [1.165, 1.54) is 4.68 Å². The molecule has 4 aromatic rings. The number of hydrogen-bond acceptors (Lipinski definition) is 6. The van der Waals surface area contributed by atoms with E-state index in [9.17, 15) is 4.79 Å². The van der Waals surface area contributed by atoms with E-state index in [0.29, 0.717) is 5.89 Å². The molecule has 7 heteroatoms.